The maximum absolute atomic E-state index is 12.6. The van der Waals surface area contributed by atoms with E-state index in [9.17, 15) is 4.79 Å². The predicted octanol–water partition coefficient (Wildman–Crippen LogP) is 2.01. The number of fused-ring (bicyclic) bond motifs is 2. The molecule has 0 bridgehead atoms. The van der Waals surface area contributed by atoms with Gasteiger partial charge in [-0.3, -0.25) is 14.4 Å². The highest BCUT2D eigenvalue weighted by atomic mass is 16.1. The summed E-state index contributed by atoms with van der Waals surface area (Å²) in [6, 6.07) is 2.40. The monoisotopic (exact) mass is 368 g/mol. The lowest BCUT2D eigenvalue weighted by Gasteiger charge is -2.30. The van der Waals surface area contributed by atoms with Crippen molar-refractivity contribution in [1.29, 1.82) is 0 Å². The number of carbonyl (C=O) groups excluding carboxylic acids is 1. The van der Waals surface area contributed by atoms with Crippen LogP contribution in [0.3, 0.4) is 0 Å². The Hall–Kier alpha value is -2.28. The lowest BCUT2D eigenvalue weighted by molar-refractivity contribution is 0.0943. The molecule has 2 aliphatic rings. The summed E-state index contributed by atoms with van der Waals surface area (Å²) in [6.07, 6.45) is 4.48. The first-order valence-corrected chi connectivity index (χ1v) is 9.95. The molecule has 1 aliphatic carbocycles. The average Bonchev–Trinajstić information content (AvgIpc) is 3.09. The van der Waals surface area contributed by atoms with E-state index < -0.39 is 0 Å². The third-order valence-corrected chi connectivity index (χ3v) is 5.63. The standard InChI is InChI=1S/C20H28N6O/c1-13(2)25-8-9-26-15(12-25)10-18(24-26)20(27)21-11-19-22-14(3)16-6-4-5-7-17(16)23-19/h10,13H,4-9,11-12H2,1-3H3,(H,21,27). The summed E-state index contributed by atoms with van der Waals surface area (Å²) < 4.78 is 1.95. The van der Waals surface area contributed by atoms with Crippen LogP contribution in [-0.2, 0) is 32.5 Å². The largest absolute Gasteiger partial charge is 0.343 e. The van der Waals surface area contributed by atoms with Gasteiger partial charge >= 0.3 is 0 Å². The van der Waals surface area contributed by atoms with Gasteiger partial charge in [0.1, 0.15) is 5.82 Å². The molecular formula is C20H28N6O. The van der Waals surface area contributed by atoms with Gasteiger partial charge in [0.15, 0.2) is 5.69 Å². The van der Waals surface area contributed by atoms with Crippen molar-refractivity contribution in [1.82, 2.24) is 30.0 Å². The van der Waals surface area contributed by atoms with Gasteiger partial charge in [-0.1, -0.05) is 0 Å². The zero-order valence-corrected chi connectivity index (χ0v) is 16.5. The summed E-state index contributed by atoms with van der Waals surface area (Å²) in [6.45, 7) is 9.41. The second-order valence-electron chi connectivity index (χ2n) is 7.85. The Morgan fingerprint density at radius 3 is 2.85 bits per heavy atom. The molecule has 144 valence electrons. The van der Waals surface area contributed by atoms with Crippen molar-refractivity contribution in [3.8, 4) is 0 Å². The van der Waals surface area contributed by atoms with Crippen molar-refractivity contribution in [2.75, 3.05) is 6.54 Å². The molecule has 2 aromatic heterocycles. The Kier molecular flexibility index (Phi) is 4.95. The molecule has 1 amide bonds. The first kappa shape index (κ1) is 18.1. The average molecular weight is 368 g/mol. The van der Waals surface area contributed by atoms with E-state index in [0.29, 0.717) is 24.1 Å². The highest BCUT2D eigenvalue weighted by Gasteiger charge is 2.22. The van der Waals surface area contributed by atoms with Crippen LogP contribution in [0.5, 0.6) is 0 Å². The molecule has 0 saturated carbocycles. The van der Waals surface area contributed by atoms with Crippen molar-refractivity contribution in [2.24, 2.45) is 0 Å². The Morgan fingerprint density at radius 1 is 1.22 bits per heavy atom. The smallest absolute Gasteiger partial charge is 0.272 e. The highest BCUT2D eigenvalue weighted by Crippen LogP contribution is 2.21. The Balaban J connectivity index is 1.43. The van der Waals surface area contributed by atoms with Crippen LogP contribution in [0.1, 0.15) is 65.6 Å². The molecule has 7 nitrogen and oxygen atoms in total. The first-order chi connectivity index (χ1) is 13.0. The number of hydrogen-bond acceptors (Lipinski definition) is 5. The number of rotatable bonds is 4. The summed E-state index contributed by atoms with van der Waals surface area (Å²) in [7, 11) is 0. The number of carbonyl (C=O) groups is 1. The summed E-state index contributed by atoms with van der Waals surface area (Å²) >= 11 is 0. The fraction of sp³-hybridized carbons (Fsp3) is 0.600. The SMILES string of the molecule is Cc1nc(CNC(=O)c2cc3n(n2)CCN(C(C)C)C3)nc2c1CCCC2. The van der Waals surface area contributed by atoms with Crippen LogP contribution in [-0.4, -0.2) is 43.1 Å². The third kappa shape index (κ3) is 3.74. The zero-order chi connectivity index (χ0) is 19.0. The Morgan fingerprint density at radius 2 is 2.04 bits per heavy atom. The van der Waals surface area contributed by atoms with Crippen LogP contribution < -0.4 is 5.32 Å². The number of nitrogens with zero attached hydrogens (tertiary/aromatic N) is 5. The number of aryl methyl sites for hydroxylation is 2. The predicted molar refractivity (Wildman–Crippen MR) is 102 cm³/mol. The summed E-state index contributed by atoms with van der Waals surface area (Å²) in [5, 5.41) is 7.42. The van der Waals surface area contributed by atoms with Crippen LogP contribution in [0.4, 0.5) is 0 Å². The molecule has 0 unspecified atom stereocenters. The highest BCUT2D eigenvalue weighted by molar-refractivity contribution is 5.92. The number of aromatic nitrogens is 4. The van der Waals surface area contributed by atoms with Crippen LogP contribution in [0.25, 0.3) is 0 Å². The molecule has 3 heterocycles. The summed E-state index contributed by atoms with van der Waals surface area (Å²) in [5.41, 5.74) is 5.08. The fourth-order valence-electron chi connectivity index (χ4n) is 4.01. The minimum absolute atomic E-state index is 0.160. The molecular weight excluding hydrogens is 340 g/mol. The number of amides is 1. The summed E-state index contributed by atoms with van der Waals surface area (Å²) in [5.74, 6) is 0.531. The van der Waals surface area contributed by atoms with Gasteiger partial charge in [-0.2, -0.15) is 5.10 Å². The van der Waals surface area contributed by atoms with Gasteiger partial charge in [-0.25, -0.2) is 9.97 Å². The van der Waals surface area contributed by atoms with E-state index in [1.54, 1.807) is 0 Å². The Labute approximate surface area is 160 Å². The first-order valence-electron chi connectivity index (χ1n) is 9.95. The van der Waals surface area contributed by atoms with Gasteiger partial charge in [0.25, 0.3) is 5.91 Å². The maximum atomic E-state index is 12.6. The van der Waals surface area contributed by atoms with E-state index in [2.05, 4.69) is 39.1 Å². The van der Waals surface area contributed by atoms with Crippen molar-refractivity contribution >= 4 is 5.91 Å². The second kappa shape index (κ2) is 7.38. The third-order valence-electron chi connectivity index (χ3n) is 5.63. The molecule has 0 radical (unpaired) electrons. The zero-order valence-electron chi connectivity index (χ0n) is 16.5. The van der Waals surface area contributed by atoms with Gasteiger partial charge in [-0.15, -0.1) is 0 Å². The van der Waals surface area contributed by atoms with Crippen LogP contribution in [0.2, 0.25) is 0 Å². The number of nitrogens with one attached hydrogen (secondary N) is 1. The molecule has 1 N–H and O–H groups in total. The molecule has 1 aliphatic heterocycles. The van der Waals surface area contributed by atoms with Crippen molar-refractivity contribution in [2.45, 2.75) is 72.1 Å². The van der Waals surface area contributed by atoms with Gasteiger partial charge in [0.05, 0.1) is 18.8 Å². The maximum Gasteiger partial charge on any atom is 0.272 e. The lowest BCUT2D eigenvalue weighted by Crippen LogP contribution is -2.38. The molecule has 0 aromatic carbocycles. The minimum Gasteiger partial charge on any atom is -0.343 e. The lowest BCUT2D eigenvalue weighted by atomic mass is 9.95. The Bertz CT molecular complexity index is 856. The van der Waals surface area contributed by atoms with E-state index in [1.165, 1.54) is 18.4 Å². The molecule has 27 heavy (non-hydrogen) atoms. The van der Waals surface area contributed by atoms with Crippen LogP contribution in [0, 0.1) is 6.92 Å². The minimum atomic E-state index is -0.160. The quantitative estimate of drug-likeness (QED) is 0.893. The van der Waals surface area contributed by atoms with Crippen LogP contribution >= 0.6 is 0 Å². The fourth-order valence-corrected chi connectivity index (χ4v) is 4.01. The van der Waals surface area contributed by atoms with Gasteiger partial charge < -0.3 is 5.32 Å². The van der Waals surface area contributed by atoms with Gasteiger partial charge in [-0.05, 0) is 58.1 Å². The number of hydrogen-bond donors (Lipinski definition) is 1. The topological polar surface area (TPSA) is 75.9 Å². The summed E-state index contributed by atoms with van der Waals surface area (Å²) in [4.78, 5) is 24.2. The van der Waals surface area contributed by atoms with Gasteiger partial charge in [0.2, 0.25) is 0 Å². The molecule has 0 saturated heterocycles. The normalized spacial score (nSPS) is 16.9. The van der Waals surface area contributed by atoms with Crippen molar-refractivity contribution in [3.63, 3.8) is 0 Å². The van der Waals surface area contributed by atoms with Crippen molar-refractivity contribution < 1.29 is 4.79 Å². The van der Waals surface area contributed by atoms with E-state index in [-0.39, 0.29) is 5.91 Å². The van der Waals surface area contributed by atoms with Crippen LogP contribution in [0.15, 0.2) is 6.07 Å². The second-order valence-corrected chi connectivity index (χ2v) is 7.85. The van der Waals surface area contributed by atoms with E-state index in [4.69, 9.17) is 0 Å². The van der Waals surface area contributed by atoms with E-state index >= 15 is 0 Å². The van der Waals surface area contributed by atoms with Crippen molar-refractivity contribution in [3.05, 3.63) is 40.2 Å². The molecule has 0 fully saturated rings. The molecule has 2 aromatic rings. The van der Waals surface area contributed by atoms with E-state index in [0.717, 1.165) is 49.6 Å². The molecule has 7 heteroatoms. The molecule has 4 rings (SSSR count). The van der Waals surface area contributed by atoms with E-state index in [1.807, 2.05) is 17.7 Å². The molecule has 0 atom stereocenters. The van der Waals surface area contributed by atoms with Gasteiger partial charge in [0, 0.05) is 30.5 Å². The molecule has 0 spiro atoms.